The highest BCUT2D eigenvalue weighted by molar-refractivity contribution is 5.76. The third kappa shape index (κ3) is 4.28. The van der Waals surface area contributed by atoms with Crippen LogP contribution in [-0.2, 0) is 9.53 Å². The van der Waals surface area contributed by atoms with E-state index in [0.717, 1.165) is 19.0 Å². The van der Waals surface area contributed by atoms with Gasteiger partial charge in [-0.2, -0.15) is 0 Å². The topological polar surface area (TPSA) is 32.8 Å². The molecule has 0 bridgehead atoms. The molecule has 0 aromatic carbocycles. The highest BCUT2D eigenvalue weighted by Gasteiger charge is 2.31. The molecule has 1 heterocycles. The van der Waals surface area contributed by atoms with E-state index in [9.17, 15) is 4.79 Å². The summed E-state index contributed by atoms with van der Waals surface area (Å²) in [5.41, 5.74) is -0.423. The summed E-state index contributed by atoms with van der Waals surface area (Å²) in [6.45, 7) is 8.05. The molecular weight excluding hydrogens is 216 g/mol. The summed E-state index contributed by atoms with van der Waals surface area (Å²) in [4.78, 5) is 16.2. The fourth-order valence-corrected chi connectivity index (χ4v) is 2.70. The van der Waals surface area contributed by atoms with Crippen molar-refractivity contribution >= 4 is 5.97 Å². The molecular formula is C13H26N2O2. The lowest BCUT2D eigenvalue weighted by molar-refractivity contribution is -0.151. The zero-order valence-electron chi connectivity index (χ0n) is 11.8. The van der Waals surface area contributed by atoms with E-state index in [2.05, 4.69) is 23.9 Å². The quantitative estimate of drug-likeness (QED) is 0.675. The second-order valence-corrected chi connectivity index (χ2v) is 5.99. The maximum absolute atomic E-state index is 11.6. The SMILES string of the molecule is COC(=O)C(C)(C)CN(C)CC1CCN(C)C1. The van der Waals surface area contributed by atoms with E-state index < -0.39 is 5.41 Å². The summed E-state index contributed by atoms with van der Waals surface area (Å²) in [6.07, 6.45) is 1.26. The van der Waals surface area contributed by atoms with E-state index in [-0.39, 0.29) is 5.97 Å². The van der Waals surface area contributed by atoms with Crippen LogP contribution in [0, 0.1) is 11.3 Å². The minimum absolute atomic E-state index is 0.132. The Kier molecular flexibility index (Phi) is 4.95. The highest BCUT2D eigenvalue weighted by atomic mass is 16.5. The van der Waals surface area contributed by atoms with Crippen LogP contribution < -0.4 is 0 Å². The lowest BCUT2D eigenvalue weighted by Crippen LogP contribution is -2.40. The normalized spacial score (nSPS) is 22.1. The van der Waals surface area contributed by atoms with Gasteiger partial charge in [0.1, 0.15) is 0 Å². The van der Waals surface area contributed by atoms with E-state index in [1.54, 1.807) is 0 Å². The molecule has 1 atom stereocenters. The standard InChI is InChI=1S/C13H26N2O2/c1-13(2,12(16)17-5)10-15(4)9-11-6-7-14(3)8-11/h11H,6-10H2,1-5H3. The summed E-state index contributed by atoms with van der Waals surface area (Å²) in [7, 11) is 5.71. The summed E-state index contributed by atoms with van der Waals surface area (Å²) in [6, 6.07) is 0. The summed E-state index contributed by atoms with van der Waals surface area (Å²) in [5.74, 6) is 0.603. The molecule has 1 fully saturated rings. The lowest BCUT2D eigenvalue weighted by atomic mass is 9.92. The molecule has 1 unspecified atom stereocenters. The van der Waals surface area contributed by atoms with E-state index in [0.29, 0.717) is 0 Å². The van der Waals surface area contributed by atoms with Gasteiger partial charge in [-0.3, -0.25) is 4.79 Å². The van der Waals surface area contributed by atoms with Gasteiger partial charge in [0, 0.05) is 19.6 Å². The molecule has 0 aromatic rings. The molecule has 1 aliphatic rings. The van der Waals surface area contributed by atoms with E-state index in [1.807, 2.05) is 13.8 Å². The summed E-state index contributed by atoms with van der Waals surface area (Å²) in [5, 5.41) is 0. The molecule has 0 N–H and O–H groups in total. The van der Waals surface area contributed by atoms with Crippen molar-refractivity contribution in [3.63, 3.8) is 0 Å². The monoisotopic (exact) mass is 242 g/mol. The van der Waals surface area contributed by atoms with Crippen LogP contribution in [0.15, 0.2) is 0 Å². The zero-order valence-corrected chi connectivity index (χ0v) is 11.8. The van der Waals surface area contributed by atoms with E-state index in [1.165, 1.54) is 26.6 Å². The Balaban J connectivity index is 2.38. The van der Waals surface area contributed by atoms with Gasteiger partial charge in [0.15, 0.2) is 0 Å². The largest absolute Gasteiger partial charge is 0.469 e. The molecule has 1 saturated heterocycles. The molecule has 4 nitrogen and oxygen atoms in total. The maximum atomic E-state index is 11.6. The minimum Gasteiger partial charge on any atom is -0.469 e. The van der Waals surface area contributed by atoms with Gasteiger partial charge in [-0.25, -0.2) is 0 Å². The molecule has 0 spiro atoms. The van der Waals surface area contributed by atoms with Crippen LogP contribution in [0.2, 0.25) is 0 Å². The van der Waals surface area contributed by atoms with Gasteiger partial charge in [-0.1, -0.05) is 0 Å². The fourth-order valence-electron chi connectivity index (χ4n) is 2.70. The Morgan fingerprint density at radius 1 is 1.53 bits per heavy atom. The third-order valence-electron chi connectivity index (χ3n) is 3.46. The molecule has 100 valence electrons. The van der Waals surface area contributed by atoms with Crippen molar-refractivity contribution in [2.45, 2.75) is 20.3 Å². The first-order valence-electron chi connectivity index (χ1n) is 6.30. The van der Waals surface area contributed by atoms with Crippen LogP contribution in [0.5, 0.6) is 0 Å². The summed E-state index contributed by atoms with van der Waals surface area (Å²) >= 11 is 0. The number of hydrogen-bond acceptors (Lipinski definition) is 4. The van der Waals surface area contributed by atoms with Crippen LogP contribution in [0.25, 0.3) is 0 Å². The number of carbonyl (C=O) groups excluding carboxylic acids is 1. The fraction of sp³-hybridized carbons (Fsp3) is 0.923. The van der Waals surface area contributed by atoms with Crippen LogP contribution >= 0.6 is 0 Å². The van der Waals surface area contributed by atoms with Crippen molar-refractivity contribution in [2.24, 2.45) is 11.3 Å². The number of esters is 1. The maximum Gasteiger partial charge on any atom is 0.312 e. The van der Waals surface area contributed by atoms with Crippen molar-refractivity contribution in [3.05, 3.63) is 0 Å². The van der Waals surface area contributed by atoms with Crippen molar-refractivity contribution in [2.75, 3.05) is 47.4 Å². The van der Waals surface area contributed by atoms with Gasteiger partial charge >= 0.3 is 5.97 Å². The number of rotatable bonds is 5. The Morgan fingerprint density at radius 2 is 2.18 bits per heavy atom. The number of ether oxygens (including phenoxy) is 1. The van der Waals surface area contributed by atoms with Crippen LogP contribution in [-0.4, -0.2) is 63.2 Å². The third-order valence-corrected chi connectivity index (χ3v) is 3.46. The number of methoxy groups -OCH3 is 1. The Morgan fingerprint density at radius 3 is 2.65 bits per heavy atom. The molecule has 0 aliphatic carbocycles. The molecule has 0 amide bonds. The van der Waals surface area contributed by atoms with Gasteiger partial charge in [-0.05, 0) is 46.8 Å². The van der Waals surface area contributed by atoms with Crippen molar-refractivity contribution in [1.29, 1.82) is 0 Å². The van der Waals surface area contributed by atoms with Gasteiger partial charge in [0.25, 0.3) is 0 Å². The Labute approximate surface area is 105 Å². The Bertz CT molecular complexity index is 266. The molecule has 0 saturated carbocycles. The molecule has 0 radical (unpaired) electrons. The predicted octanol–water partition coefficient (Wildman–Crippen LogP) is 1.07. The van der Waals surface area contributed by atoms with E-state index in [4.69, 9.17) is 4.74 Å². The second-order valence-electron chi connectivity index (χ2n) is 5.99. The lowest BCUT2D eigenvalue weighted by Gasteiger charge is -2.29. The molecule has 1 aliphatic heterocycles. The second kappa shape index (κ2) is 5.83. The number of nitrogens with zero attached hydrogens (tertiary/aromatic N) is 2. The van der Waals surface area contributed by atoms with Crippen molar-refractivity contribution < 1.29 is 9.53 Å². The average molecular weight is 242 g/mol. The molecule has 1 rings (SSSR count). The van der Waals surface area contributed by atoms with E-state index >= 15 is 0 Å². The molecule has 4 heteroatoms. The molecule has 17 heavy (non-hydrogen) atoms. The van der Waals surface area contributed by atoms with Gasteiger partial charge in [0.2, 0.25) is 0 Å². The van der Waals surface area contributed by atoms with Crippen LogP contribution in [0.1, 0.15) is 20.3 Å². The molecule has 0 aromatic heterocycles. The number of likely N-dealkylation sites (tertiary alicyclic amines) is 1. The van der Waals surface area contributed by atoms with Gasteiger partial charge in [-0.15, -0.1) is 0 Å². The smallest absolute Gasteiger partial charge is 0.312 e. The summed E-state index contributed by atoms with van der Waals surface area (Å²) < 4.78 is 4.83. The van der Waals surface area contributed by atoms with Crippen molar-refractivity contribution in [1.82, 2.24) is 9.80 Å². The number of hydrogen-bond donors (Lipinski definition) is 0. The predicted molar refractivity (Wildman–Crippen MR) is 68.9 cm³/mol. The van der Waals surface area contributed by atoms with Crippen molar-refractivity contribution in [3.8, 4) is 0 Å². The number of carbonyl (C=O) groups is 1. The first-order valence-corrected chi connectivity index (χ1v) is 6.30. The minimum atomic E-state index is -0.423. The van der Waals surface area contributed by atoms with Gasteiger partial charge < -0.3 is 14.5 Å². The zero-order chi connectivity index (χ0) is 13.1. The Hall–Kier alpha value is -0.610. The average Bonchev–Trinajstić information content (AvgIpc) is 2.61. The van der Waals surface area contributed by atoms with Gasteiger partial charge in [0.05, 0.1) is 12.5 Å². The highest BCUT2D eigenvalue weighted by Crippen LogP contribution is 2.21. The first kappa shape index (κ1) is 14.5. The first-order chi connectivity index (χ1) is 7.85. The van der Waals surface area contributed by atoms with Crippen LogP contribution in [0.4, 0.5) is 0 Å². The van der Waals surface area contributed by atoms with Crippen LogP contribution in [0.3, 0.4) is 0 Å².